The number of hydrazone groups is 1. The van der Waals surface area contributed by atoms with Crippen LogP contribution in [0.3, 0.4) is 0 Å². The van der Waals surface area contributed by atoms with Crippen molar-refractivity contribution in [2.24, 2.45) is 5.10 Å². The Hall–Kier alpha value is -2.04. The molecular formula is C15H12Cl2N2O2. The van der Waals surface area contributed by atoms with Crippen molar-refractivity contribution in [2.45, 2.75) is 0 Å². The zero-order chi connectivity index (χ0) is 15.2. The fourth-order valence-corrected chi connectivity index (χ4v) is 1.89. The lowest BCUT2D eigenvalue weighted by Crippen LogP contribution is -2.17. The molecular weight excluding hydrogens is 311 g/mol. The first-order valence-corrected chi connectivity index (χ1v) is 6.78. The minimum atomic E-state index is -0.329. The number of carbonyl (C=O) groups excluding carboxylic acids is 1. The van der Waals surface area contributed by atoms with Crippen LogP contribution in [0.1, 0.15) is 15.9 Å². The smallest absolute Gasteiger partial charge is 0.271 e. The maximum atomic E-state index is 11.9. The first-order chi connectivity index (χ1) is 10.1. The Bertz CT molecular complexity index is 687. The molecule has 0 heterocycles. The number of rotatable bonds is 4. The SMILES string of the molecule is COc1cccc(C(=O)N/N=C\c2ccc(Cl)c(Cl)c2)c1. The van der Waals surface area contributed by atoms with Crippen LogP contribution in [0.15, 0.2) is 47.6 Å². The fourth-order valence-electron chi connectivity index (χ4n) is 1.59. The molecule has 0 spiro atoms. The number of benzene rings is 2. The second kappa shape index (κ2) is 7.11. The van der Waals surface area contributed by atoms with Crippen molar-refractivity contribution < 1.29 is 9.53 Å². The Labute approximate surface area is 132 Å². The molecule has 1 amide bonds. The summed E-state index contributed by atoms with van der Waals surface area (Å²) in [7, 11) is 1.54. The zero-order valence-corrected chi connectivity index (χ0v) is 12.7. The number of nitrogens with one attached hydrogen (secondary N) is 1. The van der Waals surface area contributed by atoms with Gasteiger partial charge in [0.2, 0.25) is 0 Å². The van der Waals surface area contributed by atoms with Crippen LogP contribution >= 0.6 is 23.2 Å². The second-order valence-electron chi connectivity index (χ2n) is 4.10. The van der Waals surface area contributed by atoms with Crippen LogP contribution < -0.4 is 10.2 Å². The van der Waals surface area contributed by atoms with Crippen LogP contribution in [-0.4, -0.2) is 19.2 Å². The number of methoxy groups -OCH3 is 1. The summed E-state index contributed by atoms with van der Waals surface area (Å²) in [4.78, 5) is 11.9. The second-order valence-corrected chi connectivity index (χ2v) is 4.92. The number of hydrogen-bond acceptors (Lipinski definition) is 3. The molecule has 2 aromatic rings. The summed E-state index contributed by atoms with van der Waals surface area (Å²) < 4.78 is 5.06. The number of hydrogen-bond donors (Lipinski definition) is 1. The van der Waals surface area contributed by atoms with Crippen molar-refractivity contribution in [3.63, 3.8) is 0 Å². The summed E-state index contributed by atoms with van der Waals surface area (Å²) in [5.74, 6) is 0.279. The standard InChI is InChI=1S/C15H12Cl2N2O2/c1-21-12-4-2-3-11(8-12)15(20)19-18-9-10-5-6-13(16)14(17)7-10/h2-9H,1H3,(H,19,20)/b18-9-. The predicted molar refractivity (Wildman–Crippen MR) is 84.5 cm³/mol. The number of carbonyl (C=O) groups is 1. The Balaban J connectivity index is 2.02. The van der Waals surface area contributed by atoms with E-state index in [9.17, 15) is 4.79 Å². The normalized spacial score (nSPS) is 10.6. The van der Waals surface area contributed by atoms with Crippen LogP contribution in [0.4, 0.5) is 0 Å². The quantitative estimate of drug-likeness (QED) is 0.688. The summed E-state index contributed by atoms with van der Waals surface area (Å²) in [5, 5.41) is 4.77. The van der Waals surface area contributed by atoms with E-state index in [1.807, 2.05) is 0 Å². The average molecular weight is 323 g/mol. The van der Waals surface area contributed by atoms with Crippen molar-refractivity contribution in [3.05, 3.63) is 63.6 Å². The van der Waals surface area contributed by atoms with Crippen LogP contribution in [0.2, 0.25) is 10.0 Å². The van der Waals surface area contributed by atoms with Crippen molar-refractivity contribution in [3.8, 4) is 5.75 Å². The molecule has 21 heavy (non-hydrogen) atoms. The Morgan fingerprint density at radius 2 is 2.00 bits per heavy atom. The van der Waals surface area contributed by atoms with Gasteiger partial charge in [0.05, 0.1) is 23.4 Å². The lowest BCUT2D eigenvalue weighted by Gasteiger charge is -2.03. The molecule has 0 unspecified atom stereocenters. The summed E-state index contributed by atoms with van der Waals surface area (Å²) in [6.07, 6.45) is 1.49. The largest absolute Gasteiger partial charge is 0.497 e. The molecule has 0 aliphatic rings. The van der Waals surface area contributed by atoms with Gasteiger partial charge in [-0.25, -0.2) is 5.43 Å². The van der Waals surface area contributed by atoms with E-state index in [4.69, 9.17) is 27.9 Å². The van der Waals surface area contributed by atoms with Gasteiger partial charge in [0, 0.05) is 5.56 Å². The maximum absolute atomic E-state index is 11.9. The average Bonchev–Trinajstić information content (AvgIpc) is 2.50. The van der Waals surface area contributed by atoms with Crippen molar-refractivity contribution in [1.29, 1.82) is 0 Å². The lowest BCUT2D eigenvalue weighted by molar-refractivity contribution is 0.0955. The van der Waals surface area contributed by atoms with E-state index in [-0.39, 0.29) is 5.91 Å². The van der Waals surface area contributed by atoms with Crippen LogP contribution in [-0.2, 0) is 0 Å². The molecule has 6 heteroatoms. The van der Waals surface area contributed by atoms with Gasteiger partial charge in [-0.15, -0.1) is 0 Å². The van der Waals surface area contributed by atoms with E-state index < -0.39 is 0 Å². The molecule has 0 saturated heterocycles. The van der Waals surface area contributed by atoms with Gasteiger partial charge in [0.1, 0.15) is 5.75 Å². The molecule has 0 fully saturated rings. The summed E-state index contributed by atoms with van der Waals surface area (Å²) >= 11 is 11.7. The molecule has 0 radical (unpaired) electrons. The van der Waals surface area contributed by atoms with Crippen LogP contribution in [0.25, 0.3) is 0 Å². The highest BCUT2D eigenvalue weighted by atomic mass is 35.5. The minimum Gasteiger partial charge on any atom is -0.497 e. The highest BCUT2D eigenvalue weighted by Crippen LogP contribution is 2.21. The summed E-state index contributed by atoms with van der Waals surface area (Å²) in [5.41, 5.74) is 3.62. The minimum absolute atomic E-state index is 0.329. The molecule has 0 saturated carbocycles. The monoisotopic (exact) mass is 322 g/mol. The van der Waals surface area contributed by atoms with E-state index in [1.165, 1.54) is 6.21 Å². The molecule has 2 rings (SSSR count). The van der Waals surface area contributed by atoms with E-state index in [0.717, 1.165) is 5.56 Å². The van der Waals surface area contributed by atoms with Gasteiger partial charge in [-0.1, -0.05) is 35.3 Å². The molecule has 2 aromatic carbocycles. The highest BCUT2D eigenvalue weighted by Gasteiger charge is 2.05. The predicted octanol–water partition coefficient (Wildman–Crippen LogP) is 3.77. The topological polar surface area (TPSA) is 50.7 Å². The van der Waals surface area contributed by atoms with Gasteiger partial charge in [-0.3, -0.25) is 4.79 Å². The lowest BCUT2D eigenvalue weighted by atomic mass is 10.2. The third kappa shape index (κ3) is 4.21. The number of amides is 1. The number of nitrogens with zero attached hydrogens (tertiary/aromatic N) is 1. The molecule has 0 aromatic heterocycles. The van der Waals surface area contributed by atoms with Crippen molar-refractivity contribution in [1.82, 2.24) is 5.43 Å². The molecule has 1 N–H and O–H groups in total. The highest BCUT2D eigenvalue weighted by molar-refractivity contribution is 6.42. The van der Waals surface area contributed by atoms with E-state index in [1.54, 1.807) is 49.6 Å². The fraction of sp³-hybridized carbons (Fsp3) is 0.0667. The van der Waals surface area contributed by atoms with Gasteiger partial charge < -0.3 is 4.74 Å². The molecule has 0 atom stereocenters. The van der Waals surface area contributed by atoms with E-state index in [2.05, 4.69) is 10.5 Å². The van der Waals surface area contributed by atoms with Crippen LogP contribution in [0, 0.1) is 0 Å². The Morgan fingerprint density at radius 1 is 1.19 bits per heavy atom. The van der Waals surface area contributed by atoms with Gasteiger partial charge in [-0.2, -0.15) is 5.10 Å². The third-order valence-corrected chi connectivity index (χ3v) is 3.39. The van der Waals surface area contributed by atoms with Gasteiger partial charge in [0.15, 0.2) is 0 Å². The van der Waals surface area contributed by atoms with E-state index in [0.29, 0.717) is 21.4 Å². The maximum Gasteiger partial charge on any atom is 0.271 e. The summed E-state index contributed by atoms with van der Waals surface area (Å²) in [6.45, 7) is 0. The Kier molecular flexibility index (Phi) is 5.20. The molecule has 108 valence electrons. The van der Waals surface area contributed by atoms with Crippen LogP contribution in [0.5, 0.6) is 5.75 Å². The molecule has 0 bridgehead atoms. The molecule has 0 aliphatic carbocycles. The van der Waals surface area contributed by atoms with Crippen molar-refractivity contribution >= 4 is 35.3 Å². The number of ether oxygens (including phenoxy) is 1. The molecule has 4 nitrogen and oxygen atoms in total. The van der Waals surface area contributed by atoms with Gasteiger partial charge in [-0.05, 0) is 35.9 Å². The first-order valence-electron chi connectivity index (χ1n) is 6.02. The van der Waals surface area contributed by atoms with Crippen molar-refractivity contribution in [2.75, 3.05) is 7.11 Å². The third-order valence-electron chi connectivity index (χ3n) is 2.66. The zero-order valence-electron chi connectivity index (χ0n) is 11.1. The van der Waals surface area contributed by atoms with Gasteiger partial charge >= 0.3 is 0 Å². The number of halogens is 2. The first kappa shape index (κ1) is 15.4. The Morgan fingerprint density at radius 3 is 2.71 bits per heavy atom. The summed E-state index contributed by atoms with van der Waals surface area (Å²) in [6, 6.07) is 11.9. The van der Waals surface area contributed by atoms with E-state index >= 15 is 0 Å². The van der Waals surface area contributed by atoms with Gasteiger partial charge in [0.25, 0.3) is 5.91 Å². The molecule has 0 aliphatic heterocycles.